The molecule has 12 heteroatoms. The molecule has 0 bridgehead atoms. The van der Waals surface area contributed by atoms with Crippen molar-refractivity contribution >= 4 is 56.2 Å². The second kappa shape index (κ2) is 10.3. The summed E-state index contributed by atoms with van der Waals surface area (Å²) >= 11 is 1.50. The van der Waals surface area contributed by atoms with Gasteiger partial charge in [0.05, 0.1) is 16.5 Å². The van der Waals surface area contributed by atoms with Crippen molar-refractivity contribution in [1.29, 1.82) is 0 Å². The van der Waals surface area contributed by atoms with E-state index in [1.54, 1.807) is 11.9 Å². The molecule has 0 aliphatic carbocycles. The van der Waals surface area contributed by atoms with Gasteiger partial charge in [0.15, 0.2) is 16.3 Å². The van der Waals surface area contributed by atoms with Crippen molar-refractivity contribution in [3.8, 4) is 0 Å². The number of carbonyl (C=O) groups is 1. The normalized spacial score (nSPS) is 11.4. The van der Waals surface area contributed by atoms with E-state index in [0.29, 0.717) is 11.7 Å². The number of rotatable bonds is 7. The number of amides is 1. The second-order valence-electron chi connectivity index (χ2n) is 8.88. The minimum absolute atomic E-state index is 0. The summed E-state index contributed by atoms with van der Waals surface area (Å²) in [5, 5.41) is 0.636. The molecule has 0 radical (unpaired) electrons. The van der Waals surface area contributed by atoms with Gasteiger partial charge in [-0.25, -0.2) is 14.8 Å². The molecule has 0 fully saturated rings. The highest BCUT2D eigenvalue weighted by Gasteiger charge is 2.23. The van der Waals surface area contributed by atoms with Gasteiger partial charge >= 0.3 is 5.69 Å². The summed E-state index contributed by atoms with van der Waals surface area (Å²) in [6.07, 6.45) is 2.21. The maximum absolute atomic E-state index is 13.6. The summed E-state index contributed by atoms with van der Waals surface area (Å²) in [7, 11) is 6.96. The lowest BCUT2D eigenvalue weighted by Gasteiger charge is -2.21. The number of thiazole rings is 1. The molecule has 1 aromatic carbocycles. The van der Waals surface area contributed by atoms with Crippen LogP contribution in [-0.2, 0) is 25.4 Å². The average Bonchev–Trinajstić information content (AvgIpc) is 3.38. The minimum atomic E-state index is -0.478. The second-order valence-corrected chi connectivity index (χ2v) is 9.86. The first-order valence-electron chi connectivity index (χ1n) is 11.0. The van der Waals surface area contributed by atoms with Crippen LogP contribution in [0, 0.1) is 13.8 Å². The van der Waals surface area contributed by atoms with Crippen LogP contribution in [0.2, 0.25) is 0 Å². The zero-order valence-electron chi connectivity index (χ0n) is 20.7. The summed E-state index contributed by atoms with van der Waals surface area (Å²) in [5.41, 5.74) is 2.67. The Morgan fingerprint density at radius 2 is 1.80 bits per heavy atom. The Morgan fingerprint density at radius 1 is 1.09 bits per heavy atom. The number of carbonyl (C=O) groups excluding carboxylic acids is 1. The molecular formula is C23H30ClN7O3S. The van der Waals surface area contributed by atoms with E-state index in [1.165, 1.54) is 33.8 Å². The van der Waals surface area contributed by atoms with E-state index in [0.717, 1.165) is 38.9 Å². The minimum Gasteiger partial charge on any atom is -0.315 e. The first kappa shape index (κ1) is 26.6. The number of imidazole rings is 1. The highest BCUT2D eigenvalue weighted by Crippen LogP contribution is 2.32. The zero-order valence-corrected chi connectivity index (χ0v) is 22.4. The molecule has 188 valence electrons. The zero-order chi connectivity index (χ0) is 24.7. The van der Waals surface area contributed by atoms with Crippen LogP contribution in [0.4, 0.5) is 5.13 Å². The molecule has 0 unspecified atom stereocenters. The van der Waals surface area contributed by atoms with Crippen molar-refractivity contribution in [3.05, 3.63) is 50.4 Å². The molecule has 0 spiro atoms. The number of aryl methyl sites for hydroxylation is 3. The SMILES string of the molecule is Cc1cc(C)c2sc(N(CCCN(C)C)C(=O)Cn3cnc4c3c(=O)n(C)c(=O)n4C)nc2c1.Cl. The highest BCUT2D eigenvalue weighted by molar-refractivity contribution is 7.22. The standard InChI is InChI=1S/C23H29N7O3S.ClH/c1-14-10-15(2)19-16(11-14)25-22(34-19)30(9-7-8-26(3)4)17(31)12-29-13-24-20-18(29)21(32)28(6)23(33)27(20)5;/h10-11,13H,7-9,12H2,1-6H3;1H. The smallest absolute Gasteiger partial charge is 0.315 e. The van der Waals surface area contributed by atoms with Gasteiger partial charge in [0, 0.05) is 20.6 Å². The van der Waals surface area contributed by atoms with E-state index in [1.807, 2.05) is 34.0 Å². The van der Waals surface area contributed by atoms with E-state index in [2.05, 4.69) is 16.0 Å². The molecule has 1 amide bonds. The number of aromatic nitrogens is 5. The Bertz CT molecular complexity index is 1520. The van der Waals surface area contributed by atoms with Crippen molar-refractivity contribution in [2.24, 2.45) is 14.1 Å². The monoisotopic (exact) mass is 519 g/mol. The molecule has 10 nitrogen and oxygen atoms in total. The summed E-state index contributed by atoms with van der Waals surface area (Å²) in [6, 6.07) is 4.14. The number of hydrogen-bond donors (Lipinski definition) is 0. The molecule has 35 heavy (non-hydrogen) atoms. The van der Waals surface area contributed by atoms with E-state index >= 15 is 0 Å². The van der Waals surface area contributed by atoms with Crippen molar-refractivity contribution < 1.29 is 4.79 Å². The van der Waals surface area contributed by atoms with Gasteiger partial charge in [-0.3, -0.25) is 23.6 Å². The van der Waals surface area contributed by atoms with Crippen LogP contribution in [0.25, 0.3) is 21.4 Å². The third kappa shape index (κ3) is 5.02. The fraction of sp³-hybridized carbons (Fsp3) is 0.435. The van der Waals surface area contributed by atoms with Gasteiger partial charge in [-0.2, -0.15) is 0 Å². The van der Waals surface area contributed by atoms with E-state index in [-0.39, 0.29) is 36.0 Å². The molecule has 4 rings (SSSR count). The van der Waals surface area contributed by atoms with Crippen molar-refractivity contribution in [1.82, 2.24) is 28.6 Å². The maximum Gasteiger partial charge on any atom is 0.332 e. The van der Waals surface area contributed by atoms with Crippen molar-refractivity contribution in [2.45, 2.75) is 26.8 Å². The number of anilines is 1. The largest absolute Gasteiger partial charge is 0.332 e. The Labute approximate surface area is 212 Å². The van der Waals surface area contributed by atoms with Crippen LogP contribution in [0.15, 0.2) is 28.0 Å². The summed E-state index contributed by atoms with van der Waals surface area (Å²) in [4.78, 5) is 51.3. The molecule has 0 N–H and O–H groups in total. The Balaban J connectivity index is 0.00000342. The van der Waals surface area contributed by atoms with Gasteiger partial charge in [0.25, 0.3) is 5.56 Å². The fourth-order valence-corrected chi connectivity index (χ4v) is 5.16. The molecule has 3 heterocycles. The van der Waals surface area contributed by atoms with Gasteiger partial charge in [0.2, 0.25) is 5.91 Å². The van der Waals surface area contributed by atoms with E-state index in [9.17, 15) is 14.4 Å². The first-order valence-corrected chi connectivity index (χ1v) is 11.8. The quantitative estimate of drug-likeness (QED) is 0.371. The Kier molecular flexibility index (Phi) is 7.83. The van der Waals surface area contributed by atoms with Crippen molar-refractivity contribution in [2.75, 3.05) is 32.1 Å². The molecule has 0 saturated heterocycles. The lowest BCUT2D eigenvalue weighted by molar-refractivity contribution is -0.119. The van der Waals surface area contributed by atoms with Gasteiger partial charge in [0.1, 0.15) is 6.54 Å². The van der Waals surface area contributed by atoms with Gasteiger partial charge in [-0.05, 0) is 58.1 Å². The number of halogens is 1. The third-order valence-corrected chi connectivity index (χ3v) is 7.08. The fourth-order valence-electron chi connectivity index (χ4n) is 4.10. The summed E-state index contributed by atoms with van der Waals surface area (Å²) < 4.78 is 4.91. The lowest BCUT2D eigenvalue weighted by atomic mass is 10.1. The molecule has 4 aromatic rings. The highest BCUT2D eigenvalue weighted by atomic mass is 35.5. The van der Waals surface area contributed by atoms with Crippen molar-refractivity contribution in [3.63, 3.8) is 0 Å². The van der Waals surface area contributed by atoms with Crippen LogP contribution in [0.1, 0.15) is 17.5 Å². The topological polar surface area (TPSA) is 98.3 Å². The molecule has 0 aliphatic heterocycles. The Hall–Kier alpha value is -3.02. The molecule has 0 atom stereocenters. The molecule has 0 aliphatic rings. The summed E-state index contributed by atoms with van der Waals surface area (Å²) in [5.74, 6) is -0.192. The molecule has 0 saturated carbocycles. The molecular weight excluding hydrogens is 490 g/mol. The predicted molar refractivity (Wildman–Crippen MR) is 142 cm³/mol. The maximum atomic E-state index is 13.6. The van der Waals surface area contributed by atoms with Gasteiger partial charge in [-0.1, -0.05) is 17.4 Å². The van der Waals surface area contributed by atoms with Crippen LogP contribution in [0.3, 0.4) is 0 Å². The average molecular weight is 520 g/mol. The van der Waals surface area contributed by atoms with Crippen LogP contribution in [0.5, 0.6) is 0 Å². The van der Waals surface area contributed by atoms with E-state index < -0.39 is 11.2 Å². The molecule has 3 aromatic heterocycles. The third-order valence-electron chi connectivity index (χ3n) is 5.85. The number of fused-ring (bicyclic) bond motifs is 2. The Morgan fingerprint density at radius 3 is 2.49 bits per heavy atom. The predicted octanol–water partition coefficient (Wildman–Crippen LogP) is 2.07. The number of nitrogens with zero attached hydrogens (tertiary/aromatic N) is 7. The van der Waals surface area contributed by atoms with Crippen LogP contribution in [-0.4, -0.2) is 61.7 Å². The van der Waals surface area contributed by atoms with Crippen LogP contribution < -0.4 is 16.1 Å². The van der Waals surface area contributed by atoms with Gasteiger partial charge in [-0.15, -0.1) is 12.4 Å². The number of benzene rings is 1. The van der Waals surface area contributed by atoms with Crippen LogP contribution >= 0.6 is 23.7 Å². The van der Waals surface area contributed by atoms with Gasteiger partial charge < -0.3 is 9.47 Å². The number of hydrogen-bond acceptors (Lipinski definition) is 7. The van der Waals surface area contributed by atoms with E-state index in [4.69, 9.17) is 4.98 Å². The first-order chi connectivity index (χ1) is 16.1. The lowest BCUT2D eigenvalue weighted by Crippen LogP contribution is -2.39. The summed E-state index contributed by atoms with van der Waals surface area (Å²) in [6.45, 7) is 5.32.